The van der Waals surface area contributed by atoms with Crippen LogP contribution in [0.5, 0.6) is 0 Å². The molecule has 8 heteroatoms. The Labute approximate surface area is 129 Å². The first kappa shape index (κ1) is 16.4. The van der Waals surface area contributed by atoms with Gasteiger partial charge in [0.2, 0.25) is 10.0 Å². The van der Waals surface area contributed by atoms with Gasteiger partial charge in [0.15, 0.2) is 0 Å². The molecule has 0 aromatic rings. The van der Waals surface area contributed by atoms with E-state index in [-0.39, 0.29) is 24.8 Å². The van der Waals surface area contributed by atoms with Crippen molar-refractivity contribution in [2.45, 2.75) is 6.42 Å². The van der Waals surface area contributed by atoms with Crippen LogP contribution < -0.4 is 4.72 Å². The van der Waals surface area contributed by atoms with Gasteiger partial charge in [-0.25, -0.2) is 18.1 Å². The third-order valence-corrected chi connectivity index (χ3v) is 4.06. The number of carbonyl (C=O) groups is 1. The third kappa shape index (κ3) is 3.63. The molecule has 1 aliphatic carbocycles. The second-order valence-electron chi connectivity index (χ2n) is 4.90. The van der Waals surface area contributed by atoms with Crippen molar-refractivity contribution in [3.8, 4) is 0 Å². The molecule has 7 nitrogen and oxygen atoms in total. The lowest BCUT2D eigenvalue weighted by atomic mass is 9.89. The van der Waals surface area contributed by atoms with Gasteiger partial charge in [-0.05, 0) is 18.6 Å². The van der Waals surface area contributed by atoms with Gasteiger partial charge in [-0.3, -0.25) is 4.79 Å². The van der Waals surface area contributed by atoms with E-state index in [1.165, 1.54) is 7.11 Å². The fraction of sp³-hybridized carbons (Fsp3) is 0.429. The average molecular weight is 326 g/mol. The number of aliphatic imine (C=N–C) groups is 1. The Bertz CT molecular complexity index is 701. The summed E-state index contributed by atoms with van der Waals surface area (Å²) in [7, 11) is -0.227. The number of fused-ring (bicyclic) bond motifs is 1. The zero-order valence-corrected chi connectivity index (χ0v) is 13.4. The number of hydrogen-bond donors (Lipinski definition) is 1. The van der Waals surface area contributed by atoms with Crippen LogP contribution in [0.15, 0.2) is 40.3 Å². The highest BCUT2D eigenvalue weighted by molar-refractivity contribution is 7.88. The topological polar surface area (TPSA) is 94.1 Å². The number of nitrogens with zero attached hydrogens (tertiary/aromatic N) is 1. The van der Waals surface area contributed by atoms with Gasteiger partial charge in [0.25, 0.3) is 5.91 Å². The molecule has 0 aromatic carbocycles. The van der Waals surface area contributed by atoms with Crippen LogP contribution in [-0.4, -0.2) is 47.1 Å². The first-order valence-corrected chi connectivity index (χ1v) is 8.53. The van der Waals surface area contributed by atoms with Gasteiger partial charge in [-0.2, -0.15) is 0 Å². The largest absolute Gasteiger partial charge is 0.500 e. The van der Waals surface area contributed by atoms with Crippen LogP contribution >= 0.6 is 0 Å². The Morgan fingerprint density at radius 1 is 1.27 bits per heavy atom. The van der Waals surface area contributed by atoms with E-state index in [1.807, 2.05) is 0 Å². The van der Waals surface area contributed by atoms with Crippen molar-refractivity contribution >= 4 is 21.6 Å². The number of amides is 1. The molecule has 0 spiro atoms. The molecule has 2 rings (SSSR count). The number of carbonyl (C=O) groups excluding carboxylic acids is 1. The highest BCUT2D eigenvalue weighted by Gasteiger charge is 2.32. The summed E-state index contributed by atoms with van der Waals surface area (Å²) in [5.41, 5.74) is 0.955. The number of allylic oxidation sites excluding steroid dienone is 4. The standard InChI is InChI=1S/C14H18N2O5S/c1-20-11-4-5-12(21-2)13-10(11)8-9(14(17)16-13)6-7-15-22(3,18)19/h4-5,8,10,15H,6-7H2,1-3H3. The summed E-state index contributed by atoms with van der Waals surface area (Å²) in [4.78, 5) is 16.2. The van der Waals surface area contributed by atoms with Crippen LogP contribution in [0.1, 0.15) is 6.42 Å². The molecule has 120 valence electrons. The van der Waals surface area contributed by atoms with E-state index in [4.69, 9.17) is 9.47 Å². The van der Waals surface area contributed by atoms with Gasteiger partial charge in [0.1, 0.15) is 17.2 Å². The van der Waals surface area contributed by atoms with Crippen molar-refractivity contribution in [2.24, 2.45) is 10.9 Å². The van der Waals surface area contributed by atoms with Crippen molar-refractivity contribution in [1.29, 1.82) is 0 Å². The quantitative estimate of drug-likeness (QED) is 0.768. The maximum Gasteiger partial charge on any atom is 0.273 e. The molecule has 1 amide bonds. The van der Waals surface area contributed by atoms with E-state index >= 15 is 0 Å². The Morgan fingerprint density at radius 2 is 2.00 bits per heavy atom. The average Bonchev–Trinajstić information content (AvgIpc) is 2.45. The molecule has 1 heterocycles. The van der Waals surface area contributed by atoms with Crippen LogP contribution in [-0.2, 0) is 24.3 Å². The molecular weight excluding hydrogens is 308 g/mol. The Morgan fingerprint density at radius 3 is 2.59 bits per heavy atom. The van der Waals surface area contributed by atoms with E-state index < -0.39 is 10.0 Å². The number of dihydropyridines is 1. The predicted molar refractivity (Wildman–Crippen MR) is 81.7 cm³/mol. The summed E-state index contributed by atoms with van der Waals surface area (Å²) >= 11 is 0. The number of nitrogens with one attached hydrogen (secondary N) is 1. The molecule has 0 aromatic heterocycles. The van der Waals surface area contributed by atoms with E-state index in [0.29, 0.717) is 22.8 Å². The Kier molecular flexibility index (Phi) is 4.82. The van der Waals surface area contributed by atoms with Gasteiger partial charge in [0, 0.05) is 12.1 Å². The molecule has 1 atom stereocenters. The molecule has 2 aliphatic rings. The monoisotopic (exact) mass is 326 g/mol. The second kappa shape index (κ2) is 6.45. The van der Waals surface area contributed by atoms with Gasteiger partial charge in [-0.15, -0.1) is 0 Å². The van der Waals surface area contributed by atoms with E-state index in [9.17, 15) is 13.2 Å². The maximum absolute atomic E-state index is 12.1. The van der Waals surface area contributed by atoms with Gasteiger partial charge in [-0.1, -0.05) is 6.08 Å². The van der Waals surface area contributed by atoms with Crippen molar-refractivity contribution in [3.63, 3.8) is 0 Å². The highest BCUT2D eigenvalue weighted by atomic mass is 32.2. The van der Waals surface area contributed by atoms with Crippen LogP contribution in [0, 0.1) is 5.92 Å². The minimum absolute atomic E-state index is 0.146. The predicted octanol–water partition coefficient (Wildman–Crippen LogP) is 0.524. The summed E-state index contributed by atoms with van der Waals surface area (Å²) in [6.07, 6.45) is 6.55. The van der Waals surface area contributed by atoms with Crippen LogP contribution in [0.3, 0.4) is 0 Å². The zero-order valence-electron chi connectivity index (χ0n) is 12.6. The summed E-state index contributed by atoms with van der Waals surface area (Å²) in [5.74, 6) is 0.488. The second-order valence-corrected chi connectivity index (χ2v) is 6.73. The highest BCUT2D eigenvalue weighted by Crippen LogP contribution is 2.30. The number of methoxy groups -OCH3 is 2. The lowest BCUT2D eigenvalue weighted by Crippen LogP contribution is -2.29. The molecule has 0 fully saturated rings. The Hall–Kier alpha value is -1.93. The van der Waals surface area contributed by atoms with Crippen molar-refractivity contribution in [1.82, 2.24) is 4.72 Å². The molecule has 1 N–H and O–H groups in total. The fourth-order valence-electron chi connectivity index (χ4n) is 2.30. The SMILES string of the molecule is COC1=CC=C(OC)C2C=C(CCNS(C)(=O)=O)C(=O)N=C12. The lowest BCUT2D eigenvalue weighted by Gasteiger charge is -2.26. The third-order valence-electron chi connectivity index (χ3n) is 3.33. The summed E-state index contributed by atoms with van der Waals surface area (Å²) < 4.78 is 35.0. The van der Waals surface area contributed by atoms with Crippen molar-refractivity contribution in [3.05, 3.63) is 35.3 Å². The van der Waals surface area contributed by atoms with Gasteiger partial charge >= 0.3 is 0 Å². The molecule has 0 bridgehead atoms. The summed E-state index contributed by atoms with van der Waals surface area (Å²) in [6, 6.07) is 0. The molecule has 22 heavy (non-hydrogen) atoms. The number of hydrogen-bond acceptors (Lipinski definition) is 5. The van der Waals surface area contributed by atoms with E-state index in [1.54, 1.807) is 25.3 Å². The number of rotatable bonds is 6. The van der Waals surface area contributed by atoms with E-state index in [2.05, 4.69) is 9.71 Å². The van der Waals surface area contributed by atoms with Crippen molar-refractivity contribution in [2.75, 3.05) is 27.0 Å². The smallest absolute Gasteiger partial charge is 0.273 e. The summed E-state index contributed by atoms with van der Waals surface area (Å²) in [6.45, 7) is 0.146. The summed E-state index contributed by atoms with van der Waals surface area (Å²) in [5, 5.41) is 0. The Balaban J connectivity index is 2.20. The number of ether oxygens (including phenoxy) is 2. The fourth-order valence-corrected chi connectivity index (χ4v) is 2.78. The normalized spacial score (nSPS) is 21.2. The molecular formula is C14H18N2O5S. The first-order chi connectivity index (χ1) is 10.4. The van der Waals surface area contributed by atoms with E-state index in [0.717, 1.165) is 6.26 Å². The minimum Gasteiger partial charge on any atom is -0.500 e. The van der Waals surface area contributed by atoms with Gasteiger partial charge in [0.05, 0.1) is 26.4 Å². The van der Waals surface area contributed by atoms with Crippen LogP contribution in [0.4, 0.5) is 0 Å². The number of sulfonamides is 1. The van der Waals surface area contributed by atoms with Crippen LogP contribution in [0.25, 0.3) is 0 Å². The van der Waals surface area contributed by atoms with Gasteiger partial charge < -0.3 is 9.47 Å². The molecule has 0 radical (unpaired) electrons. The lowest BCUT2D eigenvalue weighted by molar-refractivity contribution is -0.114. The molecule has 0 saturated carbocycles. The first-order valence-electron chi connectivity index (χ1n) is 6.64. The minimum atomic E-state index is -3.28. The molecule has 1 aliphatic heterocycles. The van der Waals surface area contributed by atoms with Crippen molar-refractivity contribution < 1.29 is 22.7 Å². The molecule has 0 saturated heterocycles. The maximum atomic E-state index is 12.1. The van der Waals surface area contributed by atoms with Crippen LogP contribution in [0.2, 0.25) is 0 Å². The molecule has 1 unspecified atom stereocenters. The zero-order chi connectivity index (χ0) is 16.3.